The predicted molar refractivity (Wildman–Crippen MR) is 69.4 cm³/mol. The van der Waals surface area contributed by atoms with Crippen LogP contribution in [0.1, 0.15) is 11.1 Å². The van der Waals surface area contributed by atoms with Crippen molar-refractivity contribution in [2.45, 2.75) is 23.6 Å². The summed E-state index contributed by atoms with van der Waals surface area (Å²) in [5.74, 6) is 0. The summed E-state index contributed by atoms with van der Waals surface area (Å²) < 4.78 is 60.8. The second kappa shape index (κ2) is 3.45. The summed E-state index contributed by atoms with van der Waals surface area (Å²) >= 11 is 0. The van der Waals surface area contributed by atoms with Gasteiger partial charge in [0.05, 0.1) is 9.79 Å². The number of aryl methyl sites for hydroxylation is 2. The monoisotopic (exact) mass is 299 g/mol. The van der Waals surface area contributed by atoms with Gasteiger partial charge in [-0.15, -0.1) is 0 Å². The van der Waals surface area contributed by atoms with Crippen LogP contribution in [0.2, 0.25) is 0 Å². The molecule has 0 atom stereocenters. The maximum Gasteiger partial charge on any atom is 0.162 e. The molecular formula is C9H17NO6S2. The van der Waals surface area contributed by atoms with Crippen molar-refractivity contribution in [3.05, 3.63) is 23.3 Å². The van der Waals surface area contributed by atoms with Gasteiger partial charge in [-0.2, -0.15) is 0 Å². The molecular weight excluding hydrogens is 282 g/mol. The molecule has 0 radical (unpaired) electrons. The lowest BCUT2D eigenvalue weighted by Gasteiger charge is -2.31. The van der Waals surface area contributed by atoms with Crippen LogP contribution in [0.3, 0.4) is 0 Å². The molecule has 0 saturated carbocycles. The molecule has 0 fully saturated rings. The fraction of sp³-hybridized carbons (Fsp3) is 0.333. The van der Waals surface area contributed by atoms with Crippen LogP contribution < -0.4 is 5.14 Å². The van der Waals surface area contributed by atoms with Crippen LogP contribution in [-0.2, 0) is 19.4 Å². The standard InChI is InChI=1S/C9H17NO6S2/c1-6-5-9(18(10,14,15)16)7(2)4-8(6)17(3,11,12)13/h4-5H,1-3H3,(H2,11,12,13)(H4,10,14,15,16). The maximum atomic E-state index is 11.7. The summed E-state index contributed by atoms with van der Waals surface area (Å²) in [6.45, 7) is 2.67. The molecule has 0 aliphatic rings. The van der Waals surface area contributed by atoms with E-state index in [0.717, 1.165) is 18.4 Å². The summed E-state index contributed by atoms with van der Waals surface area (Å²) in [7, 11) is -10.4. The van der Waals surface area contributed by atoms with Gasteiger partial charge in [-0.25, -0.2) is 13.6 Å². The van der Waals surface area contributed by atoms with E-state index in [1.807, 2.05) is 0 Å². The van der Waals surface area contributed by atoms with Crippen LogP contribution in [0, 0.1) is 13.8 Å². The molecule has 0 heterocycles. The molecule has 106 valence electrons. The first kappa shape index (κ1) is 15.4. The Balaban J connectivity index is 3.71. The van der Waals surface area contributed by atoms with Crippen molar-refractivity contribution in [1.82, 2.24) is 0 Å². The van der Waals surface area contributed by atoms with Gasteiger partial charge in [0.2, 0.25) is 0 Å². The SMILES string of the molecule is Cc1cc(S(N)(=O)(O)O)c(C)cc1S(C)(=O)(O)O. The Morgan fingerprint density at radius 3 is 1.61 bits per heavy atom. The minimum atomic E-state index is -5.43. The molecule has 0 amide bonds. The van der Waals surface area contributed by atoms with E-state index in [-0.39, 0.29) is 16.0 Å². The Labute approximate surface area is 105 Å². The molecule has 1 aromatic carbocycles. The van der Waals surface area contributed by atoms with Crippen molar-refractivity contribution in [3.63, 3.8) is 0 Å². The molecule has 7 nitrogen and oxygen atoms in total. The first-order valence-corrected chi connectivity index (χ1v) is 9.00. The van der Waals surface area contributed by atoms with Crippen molar-refractivity contribution < 1.29 is 26.6 Å². The molecule has 6 N–H and O–H groups in total. The van der Waals surface area contributed by atoms with Crippen LogP contribution in [-0.4, -0.2) is 32.9 Å². The largest absolute Gasteiger partial charge is 0.304 e. The Morgan fingerprint density at radius 1 is 0.944 bits per heavy atom. The van der Waals surface area contributed by atoms with Gasteiger partial charge in [-0.05, 0) is 37.1 Å². The van der Waals surface area contributed by atoms with Crippen molar-refractivity contribution in [2.24, 2.45) is 5.14 Å². The van der Waals surface area contributed by atoms with E-state index >= 15 is 0 Å². The lowest BCUT2D eigenvalue weighted by Crippen LogP contribution is -2.42. The van der Waals surface area contributed by atoms with E-state index < -0.39 is 24.3 Å². The molecule has 0 aliphatic carbocycles. The normalized spacial score (nSPS) is 17.6. The minimum Gasteiger partial charge on any atom is -0.304 e. The molecule has 0 spiro atoms. The number of hydrogen-bond acceptors (Lipinski definition) is 2. The van der Waals surface area contributed by atoms with Gasteiger partial charge in [0.25, 0.3) is 0 Å². The zero-order valence-electron chi connectivity index (χ0n) is 10.2. The van der Waals surface area contributed by atoms with Crippen LogP contribution in [0.4, 0.5) is 0 Å². The topological polar surface area (TPSA) is 141 Å². The van der Waals surface area contributed by atoms with E-state index in [2.05, 4.69) is 0 Å². The molecule has 0 saturated heterocycles. The number of benzene rings is 1. The third-order valence-corrected chi connectivity index (χ3v) is 5.11. The van der Waals surface area contributed by atoms with Crippen LogP contribution in [0.25, 0.3) is 0 Å². The Bertz CT molecular complexity index is 573. The van der Waals surface area contributed by atoms with E-state index in [4.69, 9.17) is 5.14 Å². The third kappa shape index (κ3) is 3.20. The van der Waals surface area contributed by atoms with Gasteiger partial charge >= 0.3 is 0 Å². The molecule has 1 aromatic rings. The van der Waals surface area contributed by atoms with Gasteiger partial charge in [0.15, 0.2) is 9.81 Å². The van der Waals surface area contributed by atoms with E-state index in [9.17, 15) is 26.6 Å². The van der Waals surface area contributed by atoms with Gasteiger partial charge in [0, 0.05) is 6.26 Å². The molecule has 9 heteroatoms. The zero-order chi connectivity index (χ0) is 14.6. The molecule has 18 heavy (non-hydrogen) atoms. The summed E-state index contributed by atoms with van der Waals surface area (Å²) in [4.78, 5) is -0.741. The summed E-state index contributed by atoms with van der Waals surface area (Å²) in [6.07, 6.45) is 0.744. The highest BCUT2D eigenvalue weighted by Gasteiger charge is 2.33. The van der Waals surface area contributed by atoms with Gasteiger partial charge in [0.1, 0.15) is 9.63 Å². The average Bonchev–Trinajstić information content (AvgIpc) is 2.01. The molecule has 0 aromatic heterocycles. The summed E-state index contributed by atoms with van der Waals surface area (Å²) in [6, 6.07) is 2.05. The van der Waals surface area contributed by atoms with Gasteiger partial charge in [-0.3, -0.25) is 9.11 Å². The van der Waals surface area contributed by atoms with Crippen molar-refractivity contribution in [2.75, 3.05) is 6.26 Å². The zero-order valence-corrected chi connectivity index (χ0v) is 11.8. The number of hydrogen-bond donors (Lipinski definition) is 5. The molecule has 0 bridgehead atoms. The van der Waals surface area contributed by atoms with Crippen molar-refractivity contribution in [1.29, 1.82) is 0 Å². The van der Waals surface area contributed by atoms with Crippen LogP contribution in [0.5, 0.6) is 0 Å². The first-order valence-electron chi connectivity index (χ1n) is 4.77. The Morgan fingerprint density at radius 2 is 1.28 bits per heavy atom. The number of nitrogens with two attached hydrogens (primary N) is 1. The number of rotatable bonds is 2. The average molecular weight is 299 g/mol. The highest BCUT2D eigenvalue weighted by atomic mass is 32.3. The first-order chi connectivity index (χ1) is 7.55. The Hall–Kier alpha value is -0.680. The molecule has 0 aliphatic heterocycles. The van der Waals surface area contributed by atoms with Gasteiger partial charge < -0.3 is 9.11 Å². The highest BCUT2D eigenvalue weighted by Crippen LogP contribution is 2.34. The lowest BCUT2D eigenvalue weighted by molar-refractivity contribution is 0.387. The smallest absolute Gasteiger partial charge is 0.162 e. The second-order valence-electron chi connectivity index (χ2n) is 4.54. The van der Waals surface area contributed by atoms with E-state index in [1.54, 1.807) is 0 Å². The second-order valence-corrected chi connectivity index (χ2v) is 9.73. The lowest BCUT2D eigenvalue weighted by atomic mass is 10.2. The summed E-state index contributed by atoms with van der Waals surface area (Å²) in [5, 5.41) is 4.93. The fourth-order valence-electron chi connectivity index (χ4n) is 1.68. The highest BCUT2D eigenvalue weighted by molar-refractivity contribution is 8.09. The van der Waals surface area contributed by atoms with Crippen LogP contribution >= 0.6 is 0 Å². The third-order valence-electron chi connectivity index (χ3n) is 2.39. The van der Waals surface area contributed by atoms with Gasteiger partial charge in [-0.1, -0.05) is 0 Å². The predicted octanol–water partition coefficient (Wildman–Crippen LogP) is 1.06. The molecule has 0 unspecified atom stereocenters. The fourth-order valence-corrected chi connectivity index (χ4v) is 3.99. The maximum absolute atomic E-state index is 11.7. The van der Waals surface area contributed by atoms with Crippen LogP contribution in [0.15, 0.2) is 21.9 Å². The van der Waals surface area contributed by atoms with E-state index in [0.29, 0.717) is 0 Å². The Kier molecular flexibility index (Phi) is 2.95. The molecule has 1 rings (SSSR count). The minimum absolute atomic E-state index is 0.0175. The quantitative estimate of drug-likeness (QED) is 0.553. The van der Waals surface area contributed by atoms with Crippen molar-refractivity contribution >= 4 is 19.4 Å². The van der Waals surface area contributed by atoms with E-state index in [1.165, 1.54) is 13.8 Å². The van der Waals surface area contributed by atoms with Crippen molar-refractivity contribution in [3.8, 4) is 0 Å². The summed E-state index contributed by atoms with van der Waals surface area (Å²) in [5.41, 5.74) is 0.0800.